The molecule has 0 radical (unpaired) electrons. The number of amides is 1. The molecule has 1 aromatic carbocycles. The van der Waals surface area contributed by atoms with E-state index < -0.39 is 12.6 Å². The van der Waals surface area contributed by atoms with Gasteiger partial charge in [-0.25, -0.2) is 0 Å². The lowest BCUT2D eigenvalue weighted by Crippen LogP contribution is -2.45. The van der Waals surface area contributed by atoms with Crippen molar-refractivity contribution < 1.29 is 18.0 Å². The van der Waals surface area contributed by atoms with Gasteiger partial charge in [0.05, 0.1) is 6.42 Å². The van der Waals surface area contributed by atoms with Crippen LogP contribution in [0.2, 0.25) is 0 Å². The van der Waals surface area contributed by atoms with Crippen LogP contribution >= 0.6 is 0 Å². The van der Waals surface area contributed by atoms with Gasteiger partial charge in [-0.2, -0.15) is 13.2 Å². The highest BCUT2D eigenvalue weighted by molar-refractivity contribution is 6.06. The average Bonchev–Trinajstić information content (AvgIpc) is 2.87. The number of nitrogens with one attached hydrogen (secondary N) is 1. The summed E-state index contributed by atoms with van der Waals surface area (Å²) in [7, 11) is 0. The number of hydrogen-bond donors (Lipinski definition) is 1. The zero-order valence-electron chi connectivity index (χ0n) is 12.0. The van der Waals surface area contributed by atoms with E-state index >= 15 is 0 Å². The number of aromatic nitrogens is 1. The van der Waals surface area contributed by atoms with Crippen LogP contribution in [0.25, 0.3) is 10.9 Å². The molecule has 1 N–H and O–H groups in total. The Bertz CT molecular complexity index is 673. The van der Waals surface area contributed by atoms with Crippen LogP contribution in [-0.4, -0.2) is 34.6 Å². The number of benzene rings is 1. The largest absolute Gasteiger partial charge is 0.390 e. The second kappa shape index (κ2) is 5.66. The number of nitrogens with zero attached hydrogens (tertiary/aromatic N) is 1. The number of halogens is 3. The van der Waals surface area contributed by atoms with Crippen molar-refractivity contribution in [2.75, 3.05) is 6.54 Å². The van der Waals surface area contributed by atoms with Crippen molar-refractivity contribution in [1.82, 2.24) is 9.88 Å². The highest BCUT2D eigenvalue weighted by atomic mass is 19.4. The van der Waals surface area contributed by atoms with E-state index in [1.165, 1.54) is 4.90 Å². The van der Waals surface area contributed by atoms with Gasteiger partial charge in [0.1, 0.15) is 0 Å². The Morgan fingerprint density at radius 1 is 1.27 bits per heavy atom. The summed E-state index contributed by atoms with van der Waals surface area (Å²) in [5.74, 6) is -0.306. The lowest BCUT2D eigenvalue weighted by molar-refractivity contribution is -0.138. The van der Waals surface area contributed by atoms with Gasteiger partial charge in [0.15, 0.2) is 0 Å². The molecule has 22 heavy (non-hydrogen) atoms. The Labute approximate surface area is 126 Å². The molecule has 0 aliphatic heterocycles. The summed E-state index contributed by atoms with van der Waals surface area (Å²) in [6.45, 7) is -0.270. The van der Waals surface area contributed by atoms with Crippen molar-refractivity contribution in [2.24, 2.45) is 0 Å². The molecule has 1 aliphatic rings. The van der Waals surface area contributed by atoms with Gasteiger partial charge in [0, 0.05) is 35.2 Å². The third kappa shape index (κ3) is 2.96. The minimum Gasteiger partial charge on any atom is -0.361 e. The van der Waals surface area contributed by atoms with Crippen LogP contribution in [0.3, 0.4) is 0 Å². The zero-order valence-corrected chi connectivity index (χ0v) is 12.0. The predicted molar refractivity (Wildman–Crippen MR) is 77.6 cm³/mol. The van der Waals surface area contributed by atoms with Crippen LogP contribution in [0, 0.1) is 0 Å². The summed E-state index contributed by atoms with van der Waals surface area (Å²) in [6, 6.07) is 6.98. The van der Waals surface area contributed by atoms with Crippen molar-refractivity contribution in [3.05, 3.63) is 36.0 Å². The molecule has 3 rings (SSSR count). The van der Waals surface area contributed by atoms with Gasteiger partial charge in [0.2, 0.25) is 0 Å². The molecule has 1 saturated carbocycles. The quantitative estimate of drug-likeness (QED) is 0.906. The molecular formula is C16H17F3N2O. The van der Waals surface area contributed by atoms with Crippen LogP contribution < -0.4 is 0 Å². The molecule has 0 unspecified atom stereocenters. The first-order chi connectivity index (χ1) is 10.5. The molecule has 1 amide bonds. The maximum absolute atomic E-state index is 12.8. The minimum atomic E-state index is -4.25. The fourth-order valence-corrected chi connectivity index (χ4v) is 2.82. The fourth-order valence-electron chi connectivity index (χ4n) is 2.82. The number of carbonyl (C=O) groups is 1. The molecule has 2 aromatic rings. The number of rotatable bonds is 4. The highest BCUT2D eigenvalue weighted by Crippen LogP contribution is 2.30. The SMILES string of the molecule is O=C(c1cccc2[nH]ccc12)N(CCC(F)(F)F)C1CCC1. The zero-order chi connectivity index (χ0) is 15.7. The van der Waals surface area contributed by atoms with Crippen LogP contribution in [0.4, 0.5) is 13.2 Å². The monoisotopic (exact) mass is 310 g/mol. The van der Waals surface area contributed by atoms with Gasteiger partial charge in [-0.05, 0) is 37.5 Å². The number of fused-ring (bicyclic) bond motifs is 1. The van der Waals surface area contributed by atoms with Gasteiger partial charge in [-0.3, -0.25) is 4.79 Å². The highest BCUT2D eigenvalue weighted by Gasteiger charge is 2.34. The second-order valence-corrected chi connectivity index (χ2v) is 5.69. The van der Waals surface area contributed by atoms with Crippen LogP contribution in [0.15, 0.2) is 30.5 Å². The molecule has 0 spiro atoms. The summed E-state index contributed by atoms with van der Waals surface area (Å²) in [4.78, 5) is 17.2. The second-order valence-electron chi connectivity index (χ2n) is 5.69. The van der Waals surface area contributed by atoms with E-state index in [4.69, 9.17) is 0 Å². The maximum atomic E-state index is 12.8. The smallest absolute Gasteiger partial charge is 0.361 e. The van der Waals surface area contributed by atoms with E-state index in [1.54, 1.807) is 24.4 Å². The Balaban J connectivity index is 1.86. The summed E-state index contributed by atoms with van der Waals surface area (Å²) in [6.07, 6.45) is -0.945. The molecule has 6 heteroatoms. The molecule has 0 atom stereocenters. The van der Waals surface area contributed by atoms with Crippen LogP contribution in [0.5, 0.6) is 0 Å². The maximum Gasteiger partial charge on any atom is 0.390 e. The topological polar surface area (TPSA) is 36.1 Å². The van der Waals surface area contributed by atoms with Crippen molar-refractivity contribution in [1.29, 1.82) is 0 Å². The van der Waals surface area contributed by atoms with Crippen molar-refractivity contribution in [3.8, 4) is 0 Å². The molecule has 1 aromatic heterocycles. The summed E-state index contributed by atoms with van der Waals surface area (Å²) in [5.41, 5.74) is 1.28. The Morgan fingerprint density at radius 2 is 2.05 bits per heavy atom. The van der Waals surface area contributed by atoms with E-state index in [1.807, 2.05) is 6.07 Å². The Kier molecular flexibility index (Phi) is 3.85. The van der Waals surface area contributed by atoms with E-state index in [2.05, 4.69) is 4.98 Å². The van der Waals surface area contributed by atoms with Gasteiger partial charge in [-0.1, -0.05) is 6.07 Å². The number of H-pyrrole nitrogens is 1. The van der Waals surface area contributed by atoms with E-state index in [0.717, 1.165) is 30.2 Å². The standard InChI is InChI=1S/C16H17F3N2O/c17-16(18,19)8-10-21(11-3-1-4-11)15(22)13-5-2-6-14-12(13)7-9-20-14/h2,5-7,9,11,20H,1,3-4,8,10H2. The molecule has 0 saturated heterocycles. The third-order valence-corrected chi connectivity index (χ3v) is 4.24. The molecular weight excluding hydrogens is 293 g/mol. The van der Waals surface area contributed by atoms with Gasteiger partial charge in [0.25, 0.3) is 5.91 Å². The van der Waals surface area contributed by atoms with Crippen LogP contribution in [0.1, 0.15) is 36.0 Å². The normalized spacial score (nSPS) is 15.8. The van der Waals surface area contributed by atoms with E-state index in [-0.39, 0.29) is 18.5 Å². The fraction of sp³-hybridized carbons (Fsp3) is 0.438. The molecule has 1 aliphatic carbocycles. The molecule has 0 bridgehead atoms. The van der Waals surface area contributed by atoms with E-state index in [0.29, 0.717) is 5.56 Å². The molecule has 1 fully saturated rings. The Morgan fingerprint density at radius 3 is 2.68 bits per heavy atom. The summed E-state index contributed by atoms with van der Waals surface area (Å²) in [5, 5.41) is 0.754. The predicted octanol–water partition coefficient (Wildman–Crippen LogP) is 4.12. The number of aromatic amines is 1. The van der Waals surface area contributed by atoms with Crippen molar-refractivity contribution in [3.63, 3.8) is 0 Å². The van der Waals surface area contributed by atoms with Gasteiger partial charge < -0.3 is 9.88 Å². The lowest BCUT2D eigenvalue weighted by atomic mass is 9.90. The summed E-state index contributed by atoms with van der Waals surface area (Å²) < 4.78 is 37.6. The first-order valence-electron chi connectivity index (χ1n) is 7.39. The third-order valence-electron chi connectivity index (χ3n) is 4.24. The van der Waals surface area contributed by atoms with Gasteiger partial charge in [-0.15, -0.1) is 0 Å². The lowest BCUT2D eigenvalue weighted by Gasteiger charge is -2.38. The molecule has 118 valence electrons. The molecule has 3 nitrogen and oxygen atoms in total. The summed E-state index contributed by atoms with van der Waals surface area (Å²) >= 11 is 0. The Hall–Kier alpha value is -1.98. The number of carbonyl (C=O) groups excluding carboxylic acids is 1. The van der Waals surface area contributed by atoms with Crippen molar-refractivity contribution >= 4 is 16.8 Å². The van der Waals surface area contributed by atoms with Crippen molar-refractivity contribution in [2.45, 2.75) is 37.9 Å². The minimum absolute atomic E-state index is 0.0657. The van der Waals surface area contributed by atoms with Gasteiger partial charge >= 0.3 is 6.18 Å². The average molecular weight is 310 g/mol. The first kappa shape index (κ1) is 14.9. The first-order valence-corrected chi connectivity index (χ1v) is 7.39. The molecule has 1 heterocycles. The van der Waals surface area contributed by atoms with E-state index in [9.17, 15) is 18.0 Å². The van der Waals surface area contributed by atoms with Crippen LogP contribution in [-0.2, 0) is 0 Å². The number of alkyl halides is 3. The number of hydrogen-bond acceptors (Lipinski definition) is 1.